The van der Waals surface area contributed by atoms with Crippen molar-refractivity contribution in [3.8, 4) is 28.7 Å². The Labute approximate surface area is 208 Å². The molecule has 0 fully saturated rings. The molecule has 5 aromatic rings. The Kier molecular flexibility index (Phi) is 7.11. The van der Waals surface area contributed by atoms with E-state index in [1.165, 1.54) is 46.4 Å². The molecule has 0 aliphatic carbocycles. The zero-order chi connectivity index (χ0) is 23.9. The molecule has 0 amide bonds. The molecule has 0 heterocycles. The molecule has 0 aromatic heterocycles. The van der Waals surface area contributed by atoms with Gasteiger partial charge in [-0.2, -0.15) is 0 Å². The SMILES string of the molecule is CCCCCCOc1ccc(C#Cc2ccccc2-c2cc3ccccc3c3ccccc23)cc1. The summed E-state index contributed by atoms with van der Waals surface area (Å²) in [6.07, 6.45) is 4.85. The monoisotopic (exact) mass is 454 g/mol. The quantitative estimate of drug-likeness (QED) is 0.135. The first-order chi connectivity index (χ1) is 17.3. The van der Waals surface area contributed by atoms with Gasteiger partial charge in [0, 0.05) is 11.1 Å². The van der Waals surface area contributed by atoms with Crippen LogP contribution in [0.2, 0.25) is 0 Å². The van der Waals surface area contributed by atoms with Crippen LogP contribution < -0.4 is 4.74 Å². The predicted molar refractivity (Wildman–Crippen MR) is 149 cm³/mol. The van der Waals surface area contributed by atoms with Crippen LogP contribution in [-0.2, 0) is 0 Å². The molecule has 0 bridgehead atoms. The third-order valence-electron chi connectivity index (χ3n) is 6.45. The van der Waals surface area contributed by atoms with Crippen molar-refractivity contribution in [1.82, 2.24) is 0 Å². The highest BCUT2D eigenvalue weighted by Gasteiger charge is 2.10. The van der Waals surface area contributed by atoms with Gasteiger partial charge in [0.25, 0.3) is 0 Å². The van der Waals surface area contributed by atoms with E-state index in [-0.39, 0.29) is 0 Å². The van der Waals surface area contributed by atoms with Gasteiger partial charge in [-0.05, 0) is 75.5 Å². The number of hydrogen-bond acceptors (Lipinski definition) is 1. The van der Waals surface area contributed by atoms with Crippen LogP contribution in [-0.4, -0.2) is 6.61 Å². The summed E-state index contributed by atoms with van der Waals surface area (Å²) in [5, 5.41) is 5.05. The summed E-state index contributed by atoms with van der Waals surface area (Å²) in [5.41, 5.74) is 4.40. The fraction of sp³-hybridized carbons (Fsp3) is 0.176. The van der Waals surface area contributed by atoms with Crippen molar-refractivity contribution in [2.24, 2.45) is 0 Å². The summed E-state index contributed by atoms with van der Waals surface area (Å²) in [7, 11) is 0. The second-order valence-corrected chi connectivity index (χ2v) is 8.92. The van der Waals surface area contributed by atoms with Crippen LogP contribution in [0.15, 0.2) is 103 Å². The molecule has 0 saturated heterocycles. The van der Waals surface area contributed by atoms with E-state index >= 15 is 0 Å². The average molecular weight is 455 g/mol. The molecule has 0 N–H and O–H groups in total. The lowest BCUT2D eigenvalue weighted by Gasteiger charge is -2.12. The van der Waals surface area contributed by atoms with Gasteiger partial charge in [-0.15, -0.1) is 0 Å². The Hall–Kier alpha value is -4.02. The normalized spacial score (nSPS) is 10.8. The van der Waals surface area contributed by atoms with Crippen LogP contribution in [0.5, 0.6) is 5.75 Å². The van der Waals surface area contributed by atoms with Crippen LogP contribution in [0.3, 0.4) is 0 Å². The van der Waals surface area contributed by atoms with Crippen LogP contribution in [0.1, 0.15) is 43.7 Å². The lowest BCUT2D eigenvalue weighted by Crippen LogP contribution is -1.96. The van der Waals surface area contributed by atoms with E-state index in [0.717, 1.165) is 35.5 Å². The second-order valence-electron chi connectivity index (χ2n) is 8.92. The molecule has 0 saturated carbocycles. The molecule has 5 rings (SSSR count). The number of benzene rings is 5. The first-order valence-corrected chi connectivity index (χ1v) is 12.6. The topological polar surface area (TPSA) is 9.23 Å². The highest BCUT2D eigenvalue weighted by molar-refractivity contribution is 6.14. The van der Waals surface area contributed by atoms with Gasteiger partial charge in [-0.1, -0.05) is 105 Å². The lowest BCUT2D eigenvalue weighted by atomic mass is 9.91. The van der Waals surface area contributed by atoms with Crippen molar-refractivity contribution >= 4 is 21.5 Å². The molecule has 172 valence electrons. The molecule has 0 spiro atoms. The smallest absolute Gasteiger partial charge is 0.119 e. The summed E-state index contributed by atoms with van der Waals surface area (Å²) in [6, 6.07) is 36.1. The van der Waals surface area contributed by atoms with E-state index in [1.807, 2.05) is 24.3 Å². The summed E-state index contributed by atoms with van der Waals surface area (Å²) in [6.45, 7) is 3.00. The maximum absolute atomic E-state index is 5.88. The molecule has 0 atom stereocenters. The Bertz CT molecular complexity index is 1500. The first-order valence-electron chi connectivity index (χ1n) is 12.6. The van der Waals surface area contributed by atoms with Crippen LogP contribution in [0, 0.1) is 11.8 Å². The molecule has 5 aromatic carbocycles. The molecule has 0 radical (unpaired) electrons. The van der Waals surface area contributed by atoms with Gasteiger partial charge < -0.3 is 4.74 Å². The van der Waals surface area contributed by atoms with Gasteiger partial charge in [0.1, 0.15) is 5.75 Å². The molecule has 0 aliphatic heterocycles. The zero-order valence-corrected chi connectivity index (χ0v) is 20.3. The summed E-state index contributed by atoms with van der Waals surface area (Å²) in [5.74, 6) is 7.71. The minimum absolute atomic E-state index is 0.776. The first kappa shape index (κ1) is 22.8. The summed E-state index contributed by atoms with van der Waals surface area (Å²) < 4.78 is 5.88. The van der Waals surface area contributed by atoms with E-state index in [4.69, 9.17) is 4.74 Å². The minimum Gasteiger partial charge on any atom is -0.494 e. The van der Waals surface area contributed by atoms with E-state index in [9.17, 15) is 0 Å². The van der Waals surface area contributed by atoms with Crippen LogP contribution in [0.4, 0.5) is 0 Å². The Morgan fingerprint density at radius 1 is 0.600 bits per heavy atom. The molecule has 0 unspecified atom stereocenters. The fourth-order valence-electron chi connectivity index (χ4n) is 4.60. The van der Waals surface area contributed by atoms with E-state index < -0.39 is 0 Å². The maximum Gasteiger partial charge on any atom is 0.119 e. The largest absolute Gasteiger partial charge is 0.494 e. The van der Waals surface area contributed by atoms with E-state index in [2.05, 4.69) is 97.6 Å². The van der Waals surface area contributed by atoms with Crippen molar-refractivity contribution in [2.45, 2.75) is 32.6 Å². The van der Waals surface area contributed by atoms with Gasteiger partial charge in [-0.25, -0.2) is 0 Å². The highest BCUT2D eigenvalue weighted by atomic mass is 16.5. The summed E-state index contributed by atoms with van der Waals surface area (Å²) >= 11 is 0. The number of rotatable bonds is 7. The predicted octanol–water partition coefficient (Wildman–Crippen LogP) is 9.02. The fourth-order valence-corrected chi connectivity index (χ4v) is 4.60. The molecule has 1 heteroatoms. The zero-order valence-electron chi connectivity index (χ0n) is 20.3. The van der Waals surface area contributed by atoms with Crippen molar-refractivity contribution < 1.29 is 4.74 Å². The second kappa shape index (κ2) is 10.9. The number of fused-ring (bicyclic) bond motifs is 3. The lowest BCUT2D eigenvalue weighted by molar-refractivity contribution is 0.305. The average Bonchev–Trinajstić information content (AvgIpc) is 2.92. The van der Waals surface area contributed by atoms with E-state index in [1.54, 1.807) is 0 Å². The van der Waals surface area contributed by atoms with Crippen LogP contribution >= 0.6 is 0 Å². The standard InChI is InChI=1S/C34H30O/c1-2-3-4-11-24-35-29-22-19-26(20-23-29)18-21-27-12-5-7-14-30(27)34-25-28-13-6-8-15-31(28)32-16-9-10-17-33(32)34/h5-10,12-17,19-20,22-23,25H,2-4,11,24H2,1H3. The van der Waals surface area contributed by atoms with Crippen LogP contribution in [0.25, 0.3) is 32.7 Å². The Morgan fingerprint density at radius 2 is 1.31 bits per heavy atom. The Balaban J connectivity index is 1.44. The van der Waals surface area contributed by atoms with Gasteiger partial charge in [0.05, 0.1) is 6.61 Å². The number of hydrogen-bond donors (Lipinski definition) is 0. The van der Waals surface area contributed by atoms with E-state index in [0.29, 0.717) is 0 Å². The van der Waals surface area contributed by atoms with Gasteiger partial charge in [0.2, 0.25) is 0 Å². The third-order valence-corrected chi connectivity index (χ3v) is 6.45. The Morgan fingerprint density at radius 3 is 2.14 bits per heavy atom. The number of unbranched alkanes of at least 4 members (excludes halogenated alkanes) is 3. The molecule has 0 aliphatic rings. The van der Waals surface area contributed by atoms with Crippen molar-refractivity contribution in [3.05, 3.63) is 114 Å². The molecular weight excluding hydrogens is 424 g/mol. The van der Waals surface area contributed by atoms with Crippen molar-refractivity contribution in [2.75, 3.05) is 6.61 Å². The third kappa shape index (κ3) is 5.23. The number of ether oxygens (including phenoxy) is 1. The minimum atomic E-state index is 0.776. The highest BCUT2D eigenvalue weighted by Crippen LogP contribution is 2.36. The van der Waals surface area contributed by atoms with Gasteiger partial charge >= 0.3 is 0 Å². The molecule has 1 nitrogen and oxygen atoms in total. The van der Waals surface area contributed by atoms with Gasteiger partial charge in [-0.3, -0.25) is 0 Å². The van der Waals surface area contributed by atoms with Gasteiger partial charge in [0.15, 0.2) is 0 Å². The maximum atomic E-state index is 5.88. The summed E-state index contributed by atoms with van der Waals surface area (Å²) in [4.78, 5) is 0. The molecule has 35 heavy (non-hydrogen) atoms. The van der Waals surface area contributed by atoms with Crippen molar-refractivity contribution in [1.29, 1.82) is 0 Å². The molecular formula is C34H30O. The van der Waals surface area contributed by atoms with Crippen molar-refractivity contribution in [3.63, 3.8) is 0 Å².